The molecule has 0 unspecified atom stereocenters. The zero-order valence-corrected chi connectivity index (χ0v) is 17.9. The number of rotatable bonds is 9. The summed E-state index contributed by atoms with van der Waals surface area (Å²) in [5.74, 6) is 1.15. The molecule has 0 fully saturated rings. The number of amides is 1. The van der Waals surface area contributed by atoms with Crippen LogP contribution in [0.1, 0.15) is 21.5 Å². The molecule has 3 aromatic carbocycles. The number of methoxy groups -OCH3 is 3. The lowest BCUT2D eigenvalue weighted by molar-refractivity contribution is 0.0954. The molecule has 3 aromatic rings. The van der Waals surface area contributed by atoms with Gasteiger partial charge in [-0.15, -0.1) is 0 Å². The smallest absolute Gasteiger partial charge is 0.271 e. The summed E-state index contributed by atoms with van der Waals surface area (Å²) in [6.07, 6.45) is 1.47. The Morgan fingerprint density at radius 3 is 2.31 bits per heavy atom. The number of halogens is 1. The number of nitrogens with one attached hydrogen (secondary N) is 1. The Morgan fingerprint density at radius 2 is 1.66 bits per heavy atom. The van der Waals surface area contributed by atoms with Crippen molar-refractivity contribution in [3.8, 4) is 23.0 Å². The molecule has 0 radical (unpaired) electrons. The summed E-state index contributed by atoms with van der Waals surface area (Å²) in [5.41, 5.74) is 3.91. The highest BCUT2D eigenvalue weighted by molar-refractivity contribution is 5.95. The predicted molar refractivity (Wildman–Crippen MR) is 118 cm³/mol. The molecule has 166 valence electrons. The first-order valence-corrected chi connectivity index (χ1v) is 9.64. The maximum atomic E-state index is 13.8. The molecule has 0 aliphatic carbocycles. The van der Waals surface area contributed by atoms with Gasteiger partial charge in [0.25, 0.3) is 5.91 Å². The SMILES string of the molecule is COc1cc(OC)cc(C(=O)N/N=C\c2ccc(OCc3ccccc3F)c(OC)c2)c1. The van der Waals surface area contributed by atoms with Gasteiger partial charge in [0.1, 0.15) is 23.9 Å². The zero-order chi connectivity index (χ0) is 22.9. The third kappa shape index (κ3) is 5.75. The van der Waals surface area contributed by atoms with E-state index < -0.39 is 5.91 Å². The molecule has 1 amide bonds. The molecule has 0 bridgehead atoms. The quantitative estimate of drug-likeness (QED) is 0.400. The number of ether oxygens (including phenoxy) is 4. The molecule has 7 nitrogen and oxygen atoms in total. The number of carbonyl (C=O) groups excluding carboxylic acids is 1. The average molecular weight is 438 g/mol. The van der Waals surface area contributed by atoms with Gasteiger partial charge < -0.3 is 18.9 Å². The van der Waals surface area contributed by atoms with E-state index in [0.717, 1.165) is 0 Å². The second-order valence-corrected chi connectivity index (χ2v) is 6.59. The minimum absolute atomic E-state index is 0.0660. The molecular weight excluding hydrogens is 415 g/mol. The number of benzene rings is 3. The van der Waals surface area contributed by atoms with E-state index in [1.165, 1.54) is 33.6 Å². The monoisotopic (exact) mass is 438 g/mol. The second kappa shape index (κ2) is 10.8. The van der Waals surface area contributed by atoms with Crippen LogP contribution in [0.5, 0.6) is 23.0 Å². The molecule has 0 saturated carbocycles. The Kier molecular flexibility index (Phi) is 7.64. The van der Waals surface area contributed by atoms with Crippen molar-refractivity contribution < 1.29 is 28.1 Å². The highest BCUT2D eigenvalue weighted by Gasteiger charge is 2.10. The van der Waals surface area contributed by atoms with E-state index in [0.29, 0.717) is 39.7 Å². The maximum absolute atomic E-state index is 13.8. The lowest BCUT2D eigenvalue weighted by Gasteiger charge is -2.11. The van der Waals surface area contributed by atoms with Crippen molar-refractivity contribution >= 4 is 12.1 Å². The zero-order valence-electron chi connectivity index (χ0n) is 17.9. The van der Waals surface area contributed by atoms with E-state index >= 15 is 0 Å². The Balaban J connectivity index is 1.66. The summed E-state index contributed by atoms with van der Waals surface area (Å²) < 4.78 is 35.2. The molecule has 0 aliphatic rings. The molecule has 0 aliphatic heterocycles. The summed E-state index contributed by atoms with van der Waals surface area (Å²) >= 11 is 0. The summed E-state index contributed by atoms with van der Waals surface area (Å²) in [7, 11) is 4.52. The van der Waals surface area contributed by atoms with Gasteiger partial charge in [0.2, 0.25) is 0 Å². The van der Waals surface area contributed by atoms with Crippen molar-refractivity contribution in [1.82, 2.24) is 5.43 Å². The topological polar surface area (TPSA) is 78.4 Å². The molecule has 32 heavy (non-hydrogen) atoms. The van der Waals surface area contributed by atoms with Crippen LogP contribution in [0.15, 0.2) is 65.8 Å². The van der Waals surface area contributed by atoms with E-state index in [1.54, 1.807) is 54.6 Å². The minimum Gasteiger partial charge on any atom is -0.497 e. The predicted octanol–water partition coefficient (Wildman–Crippen LogP) is 4.19. The van der Waals surface area contributed by atoms with Gasteiger partial charge in [-0.3, -0.25) is 4.79 Å². The number of hydrazone groups is 1. The third-order valence-electron chi connectivity index (χ3n) is 4.52. The van der Waals surface area contributed by atoms with Crippen LogP contribution in [-0.2, 0) is 6.61 Å². The molecule has 0 atom stereocenters. The molecule has 0 heterocycles. The lowest BCUT2D eigenvalue weighted by Crippen LogP contribution is -2.17. The highest BCUT2D eigenvalue weighted by atomic mass is 19.1. The van der Waals surface area contributed by atoms with E-state index in [-0.39, 0.29) is 12.4 Å². The molecule has 0 saturated heterocycles. The third-order valence-corrected chi connectivity index (χ3v) is 4.52. The Labute approximate surface area is 185 Å². The van der Waals surface area contributed by atoms with Crippen LogP contribution < -0.4 is 24.4 Å². The molecular formula is C24H23FN2O5. The largest absolute Gasteiger partial charge is 0.497 e. The number of hydrogen-bond donors (Lipinski definition) is 1. The summed E-state index contributed by atoms with van der Waals surface area (Å²) in [6.45, 7) is 0.0660. The molecule has 0 aromatic heterocycles. The normalized spacial score (nSPS) is 10.6. The van der Waals surface area contributed by atoms with E-state index in [2.05, 4.69) is 10.5 Å². The van der Waals surface area contributed by atoms with Gasteiger partial charge in [-0.05, 0) is 42.0 Å². The van der Waals surface area contributed by atoms with Gasteiger partial charge in [0.05, 0.1) is 27.5 Å². The van der Waals surface area contributed by atoms with Crippen molar-refractivity contribution in [2.45, 2.75) is 6.61 Å². The van der Waals surface area contributed by atoms with Crippen LogP contribution in [0.25, 0.3) is 0 Å². The summed E-state index contributed by atoms with van der Waals surface area (Å²) in [5, 5.41) is 3.99. The van der Waals surface area contributed by atoms with Gasteiger partial charge in [0.15, 0.2) is 11.5 Å². The van der Waals surface area contributed by atoms with E-state index in [9.17, 15) is 9.18 Å². The van der Waals surface area contributed by atoms with Crippen molar-refractivity contribution in [1.29, 1.82) is 0 Å². The van der Waals surface area contributed by atoms with Crippen molar-refractivity contribution in [2.75, 3.05) is 21.3 Å². The maximum Gasteiger partial charge on any atom is 0.271 e. The van der Waals surface area contributed by atoms with Gasteiger partial charge >= 0.3 is 0 Å². The highest BCUT2D eigenvalue weighted by Crippen LogP contribution is 2.28. The van der Waals surface area contributed by atoms with Gasteiger partial charge in [0, 0.05) is 17.2 Å². The summed E-state index contributed by atoms with van der Waals surface area (Å²) in [6, 6.07) is 16.4. The first-order valence-electron chi connectivity index (χ1n) is 9.64. The number of carbonyl (C=O) groups is 1. The number of hydrogen-bond acceptors (Lipinski definition) is 6. The van der Waals surface area contributed by atoms with Crippen LogP contribution in [0, 0.1) is 5.82 Å². The Morgan fingerprint density at radius 1 is 0.938 bits per heavy atom. The lowest BCUT2D eigenvalue weighted by atomic mass is 10.2. The Bertz CT molecular complexity index is 1100. The number of nitrogens with zero attached hydrogens (tertiary/aromatic N) is 1. The minimum atomic E-state index is -0.421. The van der Waals surface area contributed by atoms with Crippen LogP contribution in [-0.4, -0.2) is 33.5 Å². The summed E-state index contributed by atoms with van der Waals surface area (Å²) in [4.78, 5) is 12.4. The Hall–Kier alpha value is -4.07. The average Bonchev–Trinajstić information content (AvgIpc) is 2.83. The van der Waals surface area contributed by atoms with Crippen molar-refractivity contribution in [2.24, 2.45) is 5.10 Å². The van der Waals surface area contributed by atoms with Gasteiger partial charge in [-0.25, -0.2) is 9.82 Å². The van der Waals surface area contributed by atoms with Crippen molar-refractivity contribution in [3.63, 3.8) is 0 Å². The van der Waals surface area contributed by atoms with Crippen LogP contribution >= 0.6 is 0 Å². The fourth-order valence-electron chi connectivity index (χ4n) is 2.82. The van der Waals surface area contributed by atoms with Gasteiger partial charge in [-0.2, -0.15) is 5.10 Å². The fraction of sp³-hybridized carbons (Fsp3) is 0.167. The van der Waals surface area contributed by atoms with Gasteiger partial charge in [-0.1, -0.05) is 18.2 Å². The first-order chi connectivity index (χ1) is 15.5. The van der Waals surface area contributed by atoms with E-state index in [4.69, 9.17) is 18.9 Å². The second-order valence-electron chi connectivity index (χ2n) is 6.59. The van der Waals surface area contributed by atoms with E-state index in [1.807, 2.05) is 0 Å². The standard InChI is InChI=1S/C24H23FN2O5/c1-29-19-11-18(12-20(13-19)30-2)24(28)27-26-14-16-8-9-22(23(10-16)31-3)32-15-17-6-4-5-7-21(17)25/h4-14H,15H2,1-3H3,(H,27,28)/b26-14-. The molecule has 3 rings (SSSR count). The van der Waals surface area contributed by atoms with Crippen LogP contribution in [0.2, 0.25) is 0 Å². The fourth-order valence-corrected chi connectivity index (χ4v) is 2.82. The van der Waals surface area contributed by atoms with Crippen LogP contribution in [0.3, 0.4) is 0 Å². The van der Waals surface area contributed by atoms with Crippen molar-refractivity contribution in [3.05, 3.63) is 83.2 Å². The first kappa shape index (κ1) is 22.6. The molecule has 0 spiro atoms. The molecule has 8 heteroatoms. The molecule has 1 N–H and O–H groups in total. The van der Waals surface area contributed by atoms with Crippen LogP contribution in [0.4, 0.5) is 4.39 Å².